The predicted molar refractivity (Wildman–Crippen MR) is 65.4 cm³/mol. The molecule has 100 valence electrons. The molecule has 0 aliphatic heterocycles. The standard InChI is InChI=1S/C12H18N2O4/c1-3-7-14(4-2)12(17)13-8-9-5-6-10(18-9)11(15)16/h5-6H,3-4,7-8H2,1-2H3,(H,13,17)(H,15,16). The van der Waals surface area contributed by atoms with Gasteiger partial charge >= 0.3 is 12.0 Å². The van der Waals surface area contributed by atoms with Crippen LogP contribution >= 0.6 is 0 Å². The van der Waals surface area contributed by atoms with Gasteiger partial charge in [-0.15, -0.1) is 0 Å². The zero-order valence-corrected chi connectivity index (χ0v) is 10.6. The number of carbonyl (C=O) groups excluding carboxylic acids is 1. The third-order valence-corrected chi connectivity index (χ3v) is 2.45. The molecule has 0 saturated carbocycles. The first kappa shape index (κ1) is 14.1. The maximum Gasteiger partial charge on any atom is 0.371 e. The Bertz CT molecular complexity index is 414. The summed E-state index contributed by atoms with van der Waals surface area (Å²) >= 11 is 0. The van der Waals surface area contributed by atoms with Crippen molar-refractivity contribution in [1.82, 2.24) is 10.2 Å². The van der Waals surface area contributed by atoms with E-state index in [9.17, 15) is 9.59 Å². The molecule has 0 fully saturated rings. The van der Waals surface area contributed by atoms with Crippen LogP contribution in [0, 0.1) is 0 Å². The van der Waals surface area contributed by atoms with E-state index in [0.717, 1.165) is 6.42 Å². The highest BCUT2D eigenvalue weighted by atomic mass is 16.4. The molecule has 1 aromatic heterocycles. The molecule has 2 N–H and O–H groups in total. The smallest absolute Gasteiger partial charge is 0.371 e. The Kier molecular flexibility index (Phi) is 5.23. The van der Waals surface area contributed by atoms with E-state index in [1.165, 1.54) is 6.07 Å². The summed E-state index contributed by atoms with van der Waals surface area (Å²) in [5.74, 6) is -0.817. The highest BCUT2D eigenvalue weighted by Gasteiger charge is 2.12. The number of hydrogen-bond acceptors (Lipinski definition) is 3. The number of aromatic carboxylic acids is 1. The largest absolute Gasteiger partial charge is 0.475 e. The first-order valence-corrected chi connectivity index (χ1v) is 5.93. The van der Waals surface area contributed by atoms with E-state index in [4.69, 9.17) is 9.52 Å². The van der Waals surface area contributed by atoms with Crippen molar-refractivity contribution in [1.29, 1.82) is 0 Å². The quantitative estimate of drug-likeness (QED) is 0.812. The molecule has 0 spiro atoms. The molecule has 0 aliphatic rings. The Morgan fingerprint density at radius 2 is 2.11 bits per heavy atom. The van der Waals surface area contributed by atoms with Crippen LogP contribution in [0.15, 0.2) is 16.5 Å². The van der Waals surface area contributed by atoms with E-state index in [1.54, 1.807) is 11.0 Å². The molecule has 18 heavy (non-hydrogen) atoms. The van der Waals surface area contributed by atoms with Gasteiger partial charge in [0.15, 0.2) is 0 Å². The molecule has 0 unspecified atom stereocenters. The average Bonchev–Trinajstić information content (AvgIpc) is 2.82. The highest BCUT2D eigenvalue weighted by Crippen LogP contribution is 2.07. The minimum absolute atomic E-state index is 0.125. The number of rotatable bonds is 6. The Morgan fingerprint density at radius 1 is 1.39 bits per heavy atom. The highest BCUT2D eigenvalue weighted by molar-refractivity contribution is 5.84. The van der Waals surface area contributed by atoms with Gasteiger partial charge in [-0.2, -0.15) is 0 Å². The van der Waals surface area contributed by atoms with Crippen molar-refractivity contribution in [3.8, 4) is 0 Å². The van der Waals surface area contributed by atoms with Crippen molar-refractivity contribution in [2.24, 2.45) is 0 Å². The molecule has 0 aliphatic carbocycles. The molecule has 6 heteroatoms. The van der Waals surface area contributed by atoms with Gasteiger partial charge in [0.2, 0.25) is 5.76 Å². The lowest BCUT2D eigenvalue weighted by molar-refractivity contribution is 0.0660. The topological polar surface area (TPSA) is 82.8 Å². The Hall–Kier alpha value is -1.98. The summed E-state index contributed by atoms with van der Waals surface area (Å²) < 4.78 is 5.04. The summed E-state index contributed by atoms with van der Waals surface area (Å²) in [6, 6.07) is 2.74. The van der Waals surface area contributed by atoms with Crippen LogP contribution in [-0.4, -0.2) is 35.1 Å². The second kappa shape index (κ2) is 6.68. The van der Waals surface area contributed by atoms with Crippen LogP contribution < -0.4 is 5.32 Å². The molecule has 0 aromatic carbocycles. The number of nitrogens with zero attached hydrogens (tertiary/aromatic N) is 1. The van der Waals surface area contributed by atoms with Crippen molar-refractivity contribution in [3.05, 3.63) is 23.7 Å². The fourth-order valence-electron chi connectivity index (χ4n) is 1.54. The molecular formula is C12H18N2O4. The minimum Gasteiger partial charge on any atom is -0.475 e. The van der Waals surface area contributed by atoms with Gasteiger partial charge in [0.05, 0.1) is 6.54 Å². The van der Waals surface area contributed by atoms with Crippen LogP contribution in [0.1, 0.15) is 36.6 Å². The molecule has 1 heterocycles. The van der Waals surface area contributed by atoms with Crippen molar-refractivity contribution in [2.45, 2.75) is 26.8 Å². The zero-order valence-electron chi connectivity index (χ0n) is 10.6. The summed E-state index contributed by atoms with van der Waals surface area (Å²) in [7, 11) is 0. The minimum atomic E-state index is -1.12. The van der Waals surface area contributed by atoms with E-state index in [1.807, 2.05) is 13.8 Å². The molecule has 0 atom stereocenters. The Balaban J connectivity index is 2.48. The number of amides is 2. The number of carboxylic acids is 1. The number of carboxylic acid groups (broad SMARTS) is 1. The van der Waals surface area contributed by atoms with Gasteiger partial charge in [-0.05, 0) is 25.5 Å². The SMILES string of the molecule is CCCN(CC)C(=O)NCc1ccc(C(=O)O)o1. The second-order valence-corrected chi connectivity index (χ2v) is 3.81. The number of carbonyl (C=O) groups is 2. The van der Waals surface area contributed by atoms with Crippen LogP contribution in [-0.2, 0) is 6.54 Å². The Morgan fingerprint density at radius 3 is 2.61 bits per heavy atom. The summed E-state index contributed by atoms with van der Waals surface area (Å²) in [6.07, 6.45) is 0.894. The van der Waals surface area contributed by atoms with Crippen LogP contribution in [0.3, 0.4) is 0 Å². The first-order chi connectivity index (χ1) is 8.58. The van der Waals surface area contributed by atoms with Crippen LogP contribution in [0.4, 0.5) is 4.79 Å². The zero-order chi connectivity index (χ0) is 13.5. The van der Waals surface area contributed by atoms with Gasteiger partial charge in [-0.25, -0.2) is 9.59 Å². The van der Waals surface area contributed by atoms with E-state index in [2.05, 4.69) is 5.32 Å². The molecular weight excluding hydrogens is 236 g/mol. The van der Waals surface area contributed by atoms with E-state index < -0.39 is 5.97 Å². The first-order valence-electron chi connectivity index (χ1n) is 5.93. The lowest BCUT2D eigenvalue weighted by atomic mass is 10.4. The summed E-state index contributed by atoms with van der Waals surface area (Å²) in [6.45, 7) is 5.43. The van der Waals surface area contributed by atoms with Crippen molar-refractivity contribution in [3.63, 3.8) is 0 Å². The van der Waals surface area contributed by atoms with Gasteiger partial charge in [-0.3, -0.25) is 0 Å². The van der Waals surface area contributed by atoms with E-state index in [0.29, 0.717) is 18.8 Å². The van der Waals surface area contributed by atoms with Crippen molar-refractivity contribution < 1.29 is 19.1 Å². The molecule has 0 bridgehead atoms. The van der Waals surface area contributed by atoms with Gasteiger partial charge in [0.1, 0.15) is 5.76 Å². The molecule has 6 nitrogen and oxygen atoms in total. The average molecular weight is 254 g/mol. The molecule has 1 aromatic rings. The van der Waals surface area contributed by atoms with E-state index >= 15 is 0 Å². The maximum absolute atomic E-state index is 11.7. The maximum atomic E-state index is 11.7. The third-order valence-electron chi connectivity index (χ3n) is 2.45. The van der Waals surface area contributed by atoms with Gasteiger partial charge in [0.25, 0.3) is 0 Å². The summed E-state index contributed by atoms with van der Waals surface area (Å²) in [5.41, 5.74) is 0. The Labute approximate surface area is 106 Å². The van der Waals surface area contributed by atoms with Crippen molar-refractivity contribution >= 4 is 12.0 Å². The number of nitrogens with one attached hydrogen (secondary N) is 1. The lowest BCUT2D eigenvalue weighted by Crippen LogP contribution is -2.39. The fourth-order valence-corrected chi connectivity index (χ4v) is 1.54. The number of urea groups is 1. The summed E-state index contributed by atoms with van der Waals surface area (Å²) in [5, 5.41) is 11.4. The molecule has 1 rings (SSSR count). The van der Waals surface area contributed by atoms with Gasteiger partial charge in [0, 0.05) is 13.1 Å². The van der Waals surface area contributed by atoms with Crippen LogP contribution in [0.25, 0.3) is 0 Å². The molecule has 2 amide bonds. The number of furan rings is 1. The fraction of sp³-hybridized carbons (Fsp3) is 0.500. The number of hydrogen-bond donors (Lipinski definition) is 2. The lowest BCUT2D eigenvalue weighted by Gasteiger charge is -2.20. The van der Waals surface area contributed by atoms with E-state index in [-0.39, 0.29) is 18.3 Å². The van der Waals surface area contributed by atoms with Crippen LogP contribution in [0.2, 0.25) is 0 Å². The van der Waals surface area contributed by atoms with Crippen LogP contribution in [0.5, 0.6) is 0 Å². The van der Waals surface area contributed by atoms with Gasteiger partial charge in [-0.1, -0.05) is 6.92 Å². The monoisotopic (exact) mass is 254 g/mol. The van der Waals surface area contributed by atoms with Crippen molar-refractivity contribution in [2.75, 3.05) is 13.1 Å². The second-order valence-electron chi connectivity index (χ2n) is 3.81. The third kappa shape index (κ3) is 3.80. The normalized spacial score (nSPS) is 10.1. The molecule has 0 radical (unpaired) electrons. The summed E-state index contributed by atoms with van der Waals surface area (Å²) in [4.78, 5) is 24.0. The van der Waals surface area contributed by atoms with Gasteiger partial charge < -0.3 is 19.7 Å². The molecule has 0 saturated heterocycles. The predicted octanol–water partition coefficient (Wildman–Crippen LogP) is 1.92.